The largest absolute Gasteiger partial charge is 0.355 e. The van der Waals surface area contributed by atoms with E-state index in [-0.39, 0.29) is 5.91 Å². The molecule has 2 aromatic rings. The number of unbranched alkanes of at least 4 members (excludes halogenated alkanes) is 3. The lowest BCUT2D eigenvalue weighted by atomic mass is 10.2. The minimum Gasteiger partial charge on any atom is -0.355 e. The first kappa shape index (κ1) is 16.5. The number of aromatic amines is 1. The lowest BCUT2D eigenvalue weighted by molar-refractivity contribution is -0.118. The number of thioether (sulfide) groups is 1. The van der Waals surface area contributed by atoms with Crippen LogP contribution in [0, 0.1) is 0 Å². The highest BCUT2D eigenvalue weighted by Gasteiger charge is 2.08. The zero-order valence-corrected chi connectivity index (χ0v) is 13.7. The van der Waals surface area contributed by atoms with Gasteiger partial charge in [0.1, 0.15) is 0 Å². The Kier molecular flexibility index (Phi) is 6.96. The Morgan fingerprint density at radius 2 is 2.05 bits per heavy atom. The van der Waals surface area contributed by atoms with Crippen molar-refractivity contribution in [3.63, 3.8) is 0 Å². The van der Waals surface area contributed by atoms with E-state index >= 15 is 0 Å². The molecule has 6 heteroatoms. The van der Waals surface area contributed by atoms with Gasteiger partial charge in [0.05, 0.1) is 5.75 Å². The summed E-state index contributed by atoms with van der Waals surface area (Å²) in [6, 6.07) is 9.81. The fourth-order valence-corrected chi connectivity index (χ4v) is 2.63. The lowest BCUT2D eigenvalue weighted by Gasteiger charge is -2.03. The average molecular weight is 318 g/mol. The van der Waals surface area contributed by atoms with Crippen molar-refractivity contribution in [2.45, 2.75) is 37.8 Å². The molecular weight excluding hydrogens is 296 g/mol. The van der Waals surface area contributed by atoms with Crippen LogP contribution < -0.4 is 5.32 Å². The molecule has 1 aromatic carbocycles. The number of hydrogen-bond donors (Lipinski definition) is 2. The van der Waals surface area contributed by atoms with Crippen molar-refractivity contribution in [2.24, 2.45) is 0 Å². The quantitative estimate of drug-likeness (QED) is 0.550. The van der Waals surface area contributed by atoms with Crippen molar-refractivity contribution in [1.82, 2.24) is 20.5 Å². The predicted octanol–water partition coefficient (Wildman–Crippen LogP) is 3.26. The van der Waals surface area contributed by atoms with Gasteiger partial charge in [-0.25, -0.2) is 4.98 Å². The van der Waals surface area contributed by atoms with Gasteiger partial charge in [0.25, 0.3) is 0 Å². The monoisotopic (exact) mass is 318 g/mol. The molecule has 0 spiro atoms. The van der Waals surface area contributed by atoms with Crippen molar-refractivity contribution < 1.29 is 4.79 Å². The maximum Gasteiger partial charge on any atom is 0.230 e. The molecule has 1 amide bonds. The van der Waals surface area contributed by atoms with E-state index in [9.17, 15) is 4.79 Å². The van der Waals surface area contributed by atoms with Crippen molar-refractivity contribution in [3.8, 4) is 11.4 Å². The first-order valence-electron chi connectivity index (χ1n) is 7.67. The van der Waals surface area contributed by atoms with Crippen LogP contribution >= 0.6 is 11.8 Å². The van der Waals surface area contributed by atoms with E-state index in [0.29, 0.717) is 10.9 Å². The summed E-state index contributed by atoms with van der Waals surface area (Å²) in [5, 5.41) is 10.6. The summed E-state index contributed by atoms with van der Waals surface area (Å²) in [7, 11) is 0. The predicted molar refractivity (Wildman–Crippen MR) is 89.7 cm³/mol. The normalized spacial score (nSPS) is 10.6. The van der Waals surface area contributed by atoms with Crippen LogP contribution in [-0.2, 0) is 4.79 Å². The molecule has 118 valence electrons. The highest BCUT2D eigenvalue weighted by atomic mass is 32.2. The maximum atomic E-state index is 11.7. The van der Waals surface area contributed by atoms with E-state index in [2.05, 4.69) is 27.4 Å². The highest BCUT2D eigenvalue weighted by Crippen LogP contribution is 2.18. The summed E-state index contributed by atoms with van der Waals surface area (Å²) >= 11 is 1.35. The summed E-state index contributed by atoms with van der Waals surface area (Å²) in [6.45, 7) is 2.93. The van der Waals surface area contributed by atoms with E-state index < -0.39 is 0 Å². The van der Waals surface area contributed by atoms with E-state index in [4.69, 9.17) is 0 Å². The molecule has 2 rings (SSSR count). The van der Waals surface area contributed by atoms with Gasteiger partial charge in [0, 0.05) is 12.1 Å². The minimum absolute atomic E-state index is 0.0348. The van der Waals surface area contributed by atoms with Crippen LogP contribution in [0.4, 0.5) is 0 Å². The van der Waals surface area contributed by atoms with Crippen molar-refractivity contribution in [3.05, 3.63) is 30.3 Å². The van der Waals surface area contributed by atoms with Gasteiger partial charge in [-0.2, -0.15) is 0 Å². The molecule has 2 N–H and O–H groups in total. The maximum absolute atomic E-state index is 11.7. The standard InChI is InChI=1S/C16H22N4OS/c1-2-3-4-8-11-17-14(21)12-22-16-18-15(19-20-16)13-9-6-5-7-10-13/h5-7,9-10H,2-4,8,11-12H2,1H3,(H,17,21)(H,18,19,20). The van der Waals surface area contributed by atoms with Crippen LogP contribution in [0.5, 0.6) is 0 Å². The summed E-state index contributed by atoms with van der Waals surface area (Å²) in [5.41, 5.74) is 0.988. The van der Waals surface area contributed by atoms with Crippen LogP contribution in [0.15, 0.2) is 35.5 Å². The molecular formula is C16H22N4OS. The summed E-state index contributed by atoms with van der Waals surface area (Å²) in [5.74, 6) is 1.11. The second kappa shape index (κ2) is 9.25. The number of carbonyl (C=O) groups excluding carboxylic acids is 1. The second-order valence-corrected chi connectivity index (χ2v) is 5.97. The third-order valence-corrected chi connectivity index (χ3v) is 4.04. The molecule has 0 saturated carbocycles. The number of nitrogens with zero attached hydrogens (tertiary/aromatic N) is 2. The zero-order chi connectivity index (χ0) is 15.6. The summed E-state index contributed by atoms with van der Waals surface area (Å²) in [6.07, 6.45) is 4.65. The number of aromatic nitrogens is 3. The van der Waals surface area contributed by atoms with Crippen LogP contribution in [0.3, 0.4) is 0 Å². The van der Waals surface area contributed by atoms with E-state index in [1.165, 1.54) is 31.0 Å². The van der Waals surface area contributed by atoms with Crippen LogP contribution in [0.1, 0.15) is 32.6 Å². The van der Waals surface area contributed by atoms with E-state index in [0.717, 1.165) is 24.4 Å². The average Bonchev–Trinajstić information content (AvgIpc) is 3.02. The fraction of sp³-hybridized carbons (Fsp3) is 0.438. The molecule has 0 saturated heterocycles. The molecule has 0 atom stereocenters. The fourth-order valence-electron chi connectivity index (χ4n) is 2.00. The Bertz CT molecular complexity index is 571. The van der Waals surface area contributed by atoms with Crippen LogP contribution in [0.25, 0.3) is 11.4 Å². The van der Waals surface area contributed by atoms with Crippen LogP contribution in [-0.4, -0.2) is 33.4 Å². The number of amides is 1. The van der Waals surface area contributed by atoms with Crippen molar-refractivity contribution >= 4 is 17.7 Å². The summed E-state index contributed by atoms with van der Waals surface area (Å²) < 4.78 is 0. The molecule has 1 aromatic heterocycles. The zero-order valence-electron chi connectivity index (χ0n) is 12.8. The molecule has 0 aliphatic heterocycles. The van der Waals surface area contributed by atoms with Gasteiger partial charge in [-0.15, -0.1) is 5.10 Å². The topological polar surface area (TPSA) is 70.7 Å². The minimum atomic E-state index is 0.0348. The molecule has 1 heterocycles. The van der Waals surface area contributed by atoms with E-state index in [1.54, 1.807) is 0 Å². The van der Waals surface area contributed by atoms with Gasteiger partial charge in [-0.05, 0) is 6.42 Å². The Balaban J connectivity index is 1.71. The smallest absolute Gasteiger partial charge is 0.230 e. The Morgan fingerprint density at radius 1 is 1.23 bits per heavy atom. The number of H-pyrrole nitrogens is 1. The first-order valence-corrected chi connectivity index (χ1v) is 8.65. The molecule has 0 bridgehead atoms. The van der Waals surface area contributed by atoms with Gasteiger partial charge in [-0.1, -0.05) is 68.3 Å². The summed E-state index contributed by atoms with van der Waals surface area (Å²) in [4.78, 5) is 16.1. The molecule has 0 unspecified atom stereocenters. The highest BCUT2D eigenvalue weighted by molar-refractivity contribution is 7.99. The number of carbonyl (C=O) groups is 1. The van der Waals surface area contributed by atoms with Gasteiger partial charge < -0.3 is 5.32 Å². The van der Waals surface area contributed by atoms with Gasteiger partial charge in [0.2, 0.25) is 11.1 Å². The molecule has 22 heavy (non-hydrogen) atoms. The van der Waals surface area contributed by atoms with Gasteiger partial charge in [-0.3, -0.25) is 9.89 Å². The molecule has 0 radical (unpaired) electrons. The number of rotatable bonds is 9. The number of nitrogens with one attached hydrogen (secondary N) is 2. The molecule has 0 aliphatic rings. The van der Waals surface area contributed by atoms with E-state index in [1.807, 2.05) is 30.3 Å². The third-order valence-electron chi connectivity index (χ3n) is 3.20. The SMILES string of the molecule is CCCCCCNC(=O)CSc1n[nH]c(-c2ccccc2)n1. The van der Waals surface area contributed by atoms with Gasteiger partial charge >= 0.3 is 0 Å². The first-order chi connectivity index (χ1) is 10.8. The molecule has 5 nitrogen and oxygen atoms in total. The number of hydrogen-bond acceptors (Lipinski definition) is 4. The van der Waals surface area contributed by atoms with Crippen molar-refractivity contribution in [2.75, 3.05) is 12.3 Å². The second-order valence-electron chi connectivity index (χ2n) is 5.03. The Hall–Kier alpha value is -1.82. The lowest BCUT2D eigenvalue weighted by Crippen LogP contribution is -2.26. The third kappa shape index (κ3) is 5.52. The number of benzene rings is 1. The van der Waals surface area contributed by atoms with Crippen LogP contribution in [0.2, 0.25) is 0 Å². The molecule has 0 fully saturated rings. The van der Waals surface area contributed by atoms with Crippen molar-refractivity contribution in [1.29, 1.82) is 0 Å². The van der Waals surface area contributed by atoms with Gasteiger partial charge in [0.15, 0.2) is 5.82 Å². The Morgan fingerprint density at radius 3 is 2.82 bits per heavy atom. The molecule has 0 aliphatic carbocycles. The Labute approximate surface area is 135 Å².